The second-order valence-corrected chi connectivity index (χ2v) is 4.35. The van der Waals surface area contributed by atoms with Crippen LogP contribution in [0.15, 0.2) is 0 Å². The first kappa shape index (κ1) is 8.38. The Bertz CT molecular complexity index is 243. The predicted molar refractivity (Wildman–Crippen MR) is 57.3 cm³/mol. The highest BCUT2D eigenvalue weighted by Gasteiger charge is 2.47. The summed E-state index contributed by atoms with van der Waals surface area (Å²) in [5, 5.41) is 3.88. The van der Waals surface area contributed by atoms with E-state index in [1.54, 1.807) is 0 Å². The molecule has 0 amide bonds. The molecular formula is C8H12N2S2. The lowest BCUT2D eigenvalue weighted by molar-refractivity contribution is 0.322. The Hall–Kier alpha value is -0.220. The molecule has 66 valence electrons. The Balaban J connectivity index is 2.34. The van der Waals surface area contributed by atoms with Crippen molar-refractivity contribution in [2.24, 2.45) is 0 Å². The van der Waals surface area contributed by atoms with Crippen LogP contribution in [0.25, 0.3) is 0 Å². The van der Waals surface area contributed by atoms with Gasteiger partial charge in [0.25, 0.3) is 0 Å². The molecule has 0 radical (unpaired) electrons. The summed E-state index contributed by atoms with van der Waals surface area (Å²) in [5.74, 6) is 0. The van der Waals surface area contributed by atoms with Crippen molar-refractivity contribution >= 4 is 34.5 Å². The summed E-state index contributed by atoms with van der Waals surface area (Å²) in [7, 11) is 2.04. The molecule has 1 N–H and O–H groups in total. The Morgan fingerprint density at radius 1 is 1.33 bits per heavy atom. The van der Waals surface area contributed by atoms with Crippen LogP contribution >= 0.6 is 24.4 Å². The molecule has 0 bridgehead atoms. The lowest BCUT2D eigenvalue weighted by Crippen LogP contribution is -2.44. The number of rotatable bonds is 0. The Morgan fingerprint density at radius 3 is 2.33 bits per heavy atom. The molecule has 2 fully saturated rings. The lowest BCUT2D eigenvalue weighted by Gasteiger charge is -2.30. The highest BCUT2D eigenvalue weighted by molar-refractivity contribution is 7.82. The van der Waals surface area contributed by atoms with Crippen LogP contribution in [0, 0.1) is 0 Å². The van der Waals surface area contributed by atoms with Crippen LogP contribution in [0.1, 0.15) is 25.7 Å². The van der Waals surface area contributed by atoms with Gasteiger partial charge in [0.15, 0.2) is 5.11 Å². The van der Waals surface area contributed by atoms with Crippen molar-refractivity contribution in [2.75, 3.05) is 7.05 Å². The molecule has 1 aliphatic carbocycles. The second-order valence-electron chi connectivity index (χ2n) is 3.56. The van der Waals surface area contributed by atoms with E-state index in [-0.39, 0.29) is 5.54 Å². The first-order chi connectivity index (χ1) is 5.67. The summed E-state index contributed by atoms with van der Waals surface area (Å²) in [6.45, 7) is 0. The summed E-state index contributed by atoms with van der Waals surface area (Å²) in [4.78, 5) is 3.07. The van der Waals surface area contributed by atoms with Gasteiger partial charge in [-0.05, 0) is 25.1 Å². The topological polar surface area (TPSA) is 15.3 Å². The summed E-state index contributed by atoms with van der Waals surface area (Å²) in [6.07, 6.45) is 4.87. The third-order valence-corrected chi connectivity index (χ3v) is 3.88. The largest absolute Gasteiger partial charge is 0.340 e. The van der Waals surface area contributed by atoms with Gasteiger partial charge in [-0.15, -0.1) is 0 Å². The number of likely N-dealkylation sites (N-methyl/N-ethyl adjacent to an activating group) is 1. The van der Waals surface area contributed by atoms with Gasteiger partial charge in [0.05, 0.1) is 5.54 Å². The average Bonchev–Trinajstić information content (AvgIpc) is 2.57. The molecule has 0 aromatic carbocycles. The van der Waals surface area contributed by atoms with Gasteiger partial charge in [0.1, 0.15) is 4.99 Å². The van der Waals surface area contributed by atoms with Gasteiger partial charge in [0, 0.05) is 7.05 Å². The molecule has 1 heterocycles. The van der Waals surface area contributed by atoms with E-state index in [2.05, 4.69) is 10.2 Å². The molecule has 1 aliphatic heterocycles. The van der Waals surface area contributed by atoms with Gasteiger partial charge in [0.2, 0.25) is 0 Å². The zero-order valence-corrected chi connectivity index (χ0v) is 8.73. The fraction of sp³-hybridized carbons (Fsp3) is 0.750. The molecule has 0 aromatic heterocycles. The van der Waals surface area contributed by atoms with Crippen LogP contribution in [0.3, 0.4) is 0 Å². The molecule has 2 aliphatic rings. The Morgan fingerprint density at radius 2 is 1.92 bits per heavy atom. The zero-order valence-electron chi connectivity index (χ0n) is 7.09. The van der Waals surface area contributed by atoms with Crippen molar-refractivity contribution < 1.29 is 0 Å². The number of thiocarbonyl (C=S) groups is 2. The summed E-state index contributed by atoms with van der Waals surface area (Å²) < 4.78 is 0. The first-order valence-electron chi connectivity index (χ1n) is 4.26. The molecule has 12 heavy (non-hydrogen) atoms. The van der Waals surface area contributed by atoms with E-state index in [1.165, 1.54) is 12.8 Å². The van der Waals surface area contributed by atoms with Crippen molar-refractivity contribution in [1.29, 1.82) is 0 Å². The lowest BCUT2D eigenvalue weighted by atomic mass is 9.98. The number of hydrogen-bond donors (Lipinski definition) is 1. The first-order valence-corrected chi connectivity index (χ1v) is 5.08. The van der Waals surface area contributed by atoms with E-state index in [1.807, 2.05) is 7.05 Å². The molecule has 1 saturated heterocycles. The van der Waals surface area contributed by atoms with Crippen LogP contribution in [0.2, 0.25) is 0 Å². The number of nitrogens with zero attached hydrogens (tertiary/aromatic N) is 1. The molecule has 0 atom stereocenters. The molecule has 2 nitrogen and oxygen atoms in total. The van der Waals surface area contributed by atoms with Gasteiger partial charge < -0.3 is 10.2 Å². The van der Waals surface area contributed by atoms with Gasteiger partial charge in [-0.3, -0.25) is 0 Å². The third kappa shape index (κ3) is 0.910. The minimum atomic E-state index is 0.0897. The number of nitrogens with one attached hydrogen (secondary N) is 1. The monoisotopic (exact) mass is 200 g/mol. The summed E-state index contributed by atoms with van der Waals surface area (Å²) >= 11 is 10.5. The highest BCUT2D eigenvalue weighted by atomic mass is 32.1. The molecule has 0 aromatic rings. The van der Waals surface area contributed by atoms with Crippen LogP contribution < -0.4 is 5.32 Å². The molecule has 4 heteroatoms. The molecular weight excluding hydrogens is 188 g/mol. The molecule has 1 spiro atoms. The summed E-state index contributed by atoms with van der Waals surface area (Å²) in [5.41, 5.74) is 0.0897. The maximum Gasteiger partial charge on any atom is 0.174 e. The molecule has 2 rings (SSSR count). The number of hydrogen-bond acceptors (Lipinski definition) is 2. The van der Waals surface area contributed by atoms with Crippen molar-refractivity contribution in [3.63, 3.8) is 0 Å². The van der Waals surface area contributed by atoms with Crippen LogP contribution in [-0.2, 0) is 0 Å². The van der Waals surface area contributed by atoms with E-state index < -0.39 is 0 Å². The normalized spacial score (nSPS) is 26.9. The predicted octanol–water partition coefficient (Wildman–Crippen LogP) is 1.45. The van der Waals surface area contributed by atoms with Gasteiger partial charge >= 0.3 is 0 Å². The maximum absolute atomic E-state index is 5.30. The fourth-order valence-corrected chi connectivity index (χ4v) is 2.95. The molecule has 1 saturated carbocycles. The molecule has 0 unspecified atom stereocenters. The maximum atomic E-state index is 5.30. The van der Waals surface area contributed by atoms with Crippen molar-refractivity contribution in [3.8, 4) is 0 Å². The zero-order chi connectivity index (χ0) is 8.77. The Labute approximate surface area is 83.3 Å². The van der Waals surface area contributed by atoms with Crippen molar-refractivity contribution in [1.82, 2.24) is 10.2 Å². The third-order valence-electron chi connectivity index (χ3n) is 3.02. The minimum absolute atomic E-state index is 0.0897. The quantitative estimate of drug-likeness (QED) is 0.595. The summed E-state index contributed by atoms with van der Waals surface area (Å²) in [6, 6.07) is 0. The van der Waals surface area contributed by atoms with E-state index in [4.69, 9.17) is 24.4 Å². The van der Waals surface area contributed by atoms with E-state index in [0.717, 1.165) is 22.9 Å². The second kappa shape index (κ2) is 2.64. The van der Waals surface area contributed by atoms with Crippen LogP contribution in [-0.4, -0.2) is 27.6 Å². The van der Waals surface area contributed by atoms with E-state index in [9.17, 15) is 0 Å². The van der Waals surface area contributed by atoms with Crippen molar-refractivity contribution in [2.45, 2.75) is 31.2 Å². The minimum Gasteiger partial charge on any atom is -0.340 e. The average molecular weight is 200 g/mol. The SMILES string of the molecule is CN1C(=S)NC(=S)C12CCCC2. The fourth-order valence-electron chi connectivity index (χ4n) is 2.17. The van der Waals surface area contributed by atoms with Crippen LogP contribution in [0.4, 0.5) is 0 Å². The highest BCUT2D eigenvalue weighted by Crippen LogP contribution is 2.38. The van der Waals surface area contributed by atoms with Gasteiger partial charge in [-0.25, -0.2) is 0 Å². The smallest absolute Gasteiger partial charge is 0.174 e. The van der Waals surface area contributed by atoms with E-state index >= 15 is 0 Å². The van der Waals surface area contributed by atoms with Crippen molar-refractivity contribution in [3.05, 3.63) is 0 Å². The van der Waals surface area contributed by atoms with Gasteiger partial charge in [-0.1, -0.05) is 25.1 Å². The standard InChI is InChI=1S/C8H12N2S2/c1-10-7(12)9-6(11)8(10)4-2-3-5-8/h2-5H2,1H3,(H,9,11,12). The van der Waals surface area contributed by atoms with Gasteiger partial charge in [-0.2, -0.15) is 0 Å². The Kier molecular flexibility index (Phi) is 1.84. The van der Waals surface area contributed by atoms with E-state index in [0.29, 0.717) is 0 Å². The van der Waals surface area contributed by atoms with Crippen LogP contribution in [0.5, 0.6) is 0 Å².